The van der Waals surface area contributed by atoms with Crippen molar-refractivity contribution in [1.82, 2.24) is 15.3 Å². The van der Waals surface area contributed by atoms with E-state index in [-0.39, 0.29) is 29.5 Å². The molecule has 11 heteroatoms. The first-order valence-electron chi connectivity index (χ1n) is 12.2. The molecule has 0 spiro atoms. The number of carbonyl (C=O) groups excluding carboxylic acids is 1. The molecule has 0 atom stereocenters. The molecular formula is C26H42N6O5. The fraction of sp³-hybridized carbons (Fsp3) is 0.577. The Balaban J connectivity index is 1.95. The lowest BCUT2D eigenvalue weighted by Gasteiger charge is -2.32. The largest absolute Gasteiger partial charge is 0.493 e. The molecule has 1 aromatic heterocycles. The first-order valence-corrected chi connectivity index (χ1v) is 12.2. The molecule has 0 bridgehead atoms. The minimum Gasteiger partial charge on any atom is -0.493 e. The molecule has 11 nitrogen and oxygen atoms in total. The fourth-order valence-corrected chi connectivity index (χ4v) is 3.58. The van der Waals surface area contributed by atoms with E-state index in [4.69, 9.17) is 36.1 Å². The van der Waals surface area contributed by atoms with E-state index < -0.39 is 0 Å². The number of nitrogen functional groups attached to an aromatic ring is 2. The number of methoxy groups -OCH3 is 2. The Kier molecular flexibility index (Phi) is 10.8. The summed E-state index contributed by atoms with van der Waals surface area (Å²) in [6.07, 6.45) is 3.55. The summed E-state index contributed by atoms with van der Waals surface area (Å²) in [4.78, 5) is 20.5. The van der Waals surface area contributed by atoms with E-state index in [2.05, 4.69) is 29.1 Å². The number of nitrogens with two attached hydrogens (primary N) is 3. The van der Waals surface area contributed by atoms with Crippen LogP contribution in [0.25, 0.3) is 0 Å². The molecule has 0 aliphatic heterocycles. The van der Waals surface area contributed by atoms with Gasteiger partial charge >= 0.3 is 0 Å². The Morgan fingerprint density at radius 1 is 1.05 bits per heavy atom. The Morgan fingerprint density at radius 2 is 1.70 bits per heavy atom. The number of hydrogen-bond acceptors (Lipinski definition) is 10. The smallest absolute Gasteiger partial charge is 0.257 e. The number of nitrogens with zero attached hydrogens (tertiary/aromatic N) is 2. The molecule has 2 rings (SSSR count). The van der Waals surface area contributed by atoms with Crippen LogP contribution in [0.2, 0.25) is 0 Å². The second kappa shape index (κ2) is 13.3. The topological polar surface area (TPSA) is 170 Å². The van der Waals surface area contributed by atoms with Gasteiger partial charge in [-0.1, -0.05) is 13.8 Å². The molecule has 0 radical (unpaired) electrons. The number of benzene rings is 1. The maximum absolute atomic E-state index is 12.5. The molecule has 0 aliphatic carbocycles. The van der Waals surface area contributed by atoms with Gasteiger partial charge in [0.25, 0.3) is 5.91 Å². The number of carbonyl (C=O) groups is 1. The lowest BCUT2D eigenvalue weighted by atomic mass is 9.90. The molecule has 1 heterocycles. The van der Waals surface area contributed by atoms with Crippen molar-refractivity contribution < 1.29 is 23.7 Å². The summed E-state index contributed by atoms with van der Waals surface area (Å²) in [5.41, 5.74) is 18.4. The van der Waals surface area contributed by atoms with Crippen LogP contribution < -0.4 is 36.7 Å². The van der Waals surface area contributed by atoms with E-state index >= 15 is 0 Å². The van der Waals surface area contributed by atoms with Gasteiger partial charge in [0, 0.05) is 24.7 Å². The molecule has 1 aromatic carbocycles. The predicted molar refractivity (Wildman–Crippen MR) is 144 cm³/mol. The van der Waals surface area contributed by atoms with Gasteiger partial charge in [0.1, 0.15) is 5.82 Å². The van der Waals surface area contributed by atoms with E-state index in [0.717, 1.165) is 18.4 Å². The van der Waals surface area contributed by atoms with E-state index in [9.17, 15) is 4.79 Å². The first-order chi connectivity index (χ1) is 17.4. The van der Waals surface area contributed by atoms with Crippen molar-refractivity contribution in [3.05, 3.63) is 29.5 Å². The number of aromatic nitrogens is 2. The van der Waals surface area contributed by atoms with Crippen LogP contribution in [0.1, 0.15) is 51.7 Å². The molecular weight excluding hydrogens is 476 g/mol. The minimum atomic E-state index is -0.272. The third-order valence-corrected chi connectivity index (χ3v) is 5.90. The zero-order chi connectivity index (χ0) is 27.6. The summed E-state index contributed by atoms with van der Waals surface area (Å²) in [6, 6.07) is 3.58. The van der Waals surface area contributed by atoms with Gasteiger partial charge < -0.3 is 41.5 Å². The normalized spacial score (nSPS) is 11.8. The Labute approximate surface area is 219 Å². The average Bonchev–Trinajstić information content (AvgIpc) is 2.83. The summed E-state index contributed by atoms with van der Waals surface area (Å²) in [5.74, 6) is 1.35. The highest BCUT2D eigenvalue weighted by molar-refractivity contribution is 5.77. The van der Waals surface area contributed by atoms with Crippen molar-refractivity contribution in [1.29, 1.82) is 0 Å². The lowest BCUT2D eigenvalue weighted by molar-refractivity contribution is -0.123. The standard InChI is InChI=1S/C26H42N6O5/c1-25(2,16-37-26(3,4)7-9-27)8-10-30-21(33)15-36-22-19(34-5)12-17(13-20(22)35-6)11-18-14-31-24(29)32-23(18)28/h12-14H,7-11,15-16,27H2,1-6H3,(H,30,33)(H4,28,29,31,32). The van der Waals surface area contributed by atoms with Crippen molar-refractivity contribution in [2.24, 2.45) is 11.1 Å². The van der Waals surface area contributed by atoms with Crippen molar-refractivity contribution >= 4 is 17.7 Å². The predicted octanol–water partition coefficient (Wildman–Crippen LogP) is 2.30. The SMILES string of the molecule is COc1cc(Cc2cnc(N)nc2N)cc(OC)c1OCC(=O)NCCC(C)(C)COC(C)(C)CCN. The fourth-order valence-electron chi connectivity index (χ4n) is 3.58. The second-order valence-corrected chi connectivity index (χ2v) is 10.3. The van der Waals surface area contributed by atoms with E-state index in [1.54, 1.807) is 18.3 Å². The van der Waals surface area contributed by atoms with Crippen molar-refractivity contribution in [3.8, 4) is 17.2 Å². The highest BCUT2D eigenvalue weighted by Crippen LogP contribution is 2.39. The average molecular weight is 519 g/mol. The highest BCUT2D eigenvalue weighted by Gasteiger charge is 2.24. The van der Waals surface area contributed by atoms with E-state index in [1.165, 1.54) is 14.2 Å². The zero-order valence-electron chi connectivity index (χ0n) is 22.8. The summed E-state index contributed by atoms with van der Waals surface area (Å²) in [7, 11) is 3.04. The number of amides is 1. The maximum atomic E-state index is 12.5. The third-order valence-electron chi connectivity index (χ3n) is 5.90. The molecule has 7 N–H and O–H groups in total. The quantitative estimate of drug-likeness (QED) is 0.274. The van der Waals surface area contributed by atoms with Gasteiger partial charge in [-0.15, -0.1) is 0 Å². The van der Waals surface area contributed by atoms with E-state index in [0.29, 0.717) is 54.7 Å². The van der Waals surface area contributed by atoms with Gasteiger partial charge in [-0.2, -0.15) is 4.98 Å². The van der Waals surface area contributed by atoms with Gasteiger partial charge in [0.2, 0.25) is 11.7 Å². The molecule has 1 amide bonds. The van der Waals surface area contributed by atoms with Crippen molar-refractivity contribution in [3.63, 3.8) is 0 Å². The monoisotopic (exact) mass is 518 g/mol. The third kappa shape index (κ3) is 9.58. The highest BCUT2D eigenvalue weighted by atomic mass is 16.5. The summed E-state index contributed by atoms with van der Waals surface area (Å²) in [5, 5.41) is 2.90. The zero-order valence-corrected chi connectivity index (χ0v) is 22.8. The molecule has 0 saturated carbocycles. The molecule has 2 aromatic rings. The molecule has 37 heavy (non-hydrogen) atoms. The molecule has 0 aliphatic rings. The molecule has 206 valence electrons. The number of nitrogens with one attached hydrogen (secondary N) is 1. The molecule has 0 unspecified atom stereocenters. The van der Waals surface area contributed by atoms with Gasteiger partial charge in [-0.3, -0.25) is 4.79 Å². The van der Waals surface area contributed by atoms with Crippen LogP contribution in [0.3, 0.4) is 0 Å². The van der Waals surface area contributed by atoms with Crippen LogP contribution >= 0.6 is 0 Å². The number of anilines is 2. The van der Waals surface area contributed by atoms with Crippen LogP contribution in [0.15, 0.2) is 18.3 Å². The van der Waals surface area contributed by atoms with Crippen LogP contribution in [0.4, 0.5) is 11.8 Å². The Bertz CT molecular complexity index is 1020. The van der Waals surface area contributed by atoms with Crippen LogP contribution in [-0.4, -0.2) is 62.0 Å². The lowest BCUT2D eigenvalue weighted by Crippen LogP contribution is -2.36. The van der Waals surface area contributed by atoms with Crippen LogP contribution in [0.5, 0.6) is 17.2 Å². The minimum absolute atomic E-state index is 0.110. The Morgan fingerprint density at radius 3 is 2.27 bits per heavy atom. The number of hydrogen-bond donors (Lipinski definition) is 4. The van der Waals surface area contributed by atoms with E-state index in [1.807, 2.05) is 13.8 Å². The summed E-state index contributed by atoms with van der Waals surface area (Å²) < 4.78 is 22.8. The summed E-state index contributed by atoms with van der Waals surface area (Å²) in [6.45, 7) is 9.73. The van der Waals surface area contributed by atoms with Crippen molar-refractivity contribution in [2.75, 3.05) is 52.0 Å². The number of ether oxygens (including phenoxy) is 4. The van der Waals surface area contributed by atoms with Gasteiger partial charge in [-0.05, 0) is 56.3 Å². The first kappa shape index (κ1) is 29.9. The van der Waals surface area contributed by atoms with Gasteiger partial charge in [0.15, 0.2) is 18.1 Å². The van der Waals surface area contributed by atoms with Crippen LogP contribution in [-0.2, 0) is 16.0 Å². The molecule has 0 fully saturated rings. The van der Waals surface area contributed by atoms with Crippen LogP contribution in [0, 0.1) is 5.41 Å². The maximum Gasteiger partial charge on any atom is 0.257 e. The van der Waals surface area contributed by atoms with Gasteiger partial charge in [0.05, 0.1) is 26.4 Å². The molecule has 0 saturated heterocycles. The number of rotatable bonds is 15. The van der Waals surface area contributed by atoms with Crippen molar-refractivity contribution in [2.45, 2.75) is 52.6 Å². The Hall–Kier alpha value is -3.31. The summed E-state index contributed by atoms with van der Waals surface area (Å²) >= 11 is 0. The van der Waals surface area contributed by atoms with Gasteiger partial charge in [-0.25, -0.2) is 4.98 Å². The second-order valence-electron chi connectivity index (χ2n) is 10.3.